The summed E-state index contributed by atoms with van der Waals surface area (Å²) in [7, 11) is 4.11. The molecular formula is C21H32N4O. The number of piperidine rings is 1. The van der Waals surface area contributed by atoms with Crippen molar-refractivity contribution in [2.24, 2.45) is 13.0 Å². The number of aliphatic hydroxyl groups excluding tert-OH is 1. The number of aromatic nitrogens is 2. The van der Waals surface area contributed by atoms with E-state index in [1.54, 1.807) is 0 Å². The van der Waals surface area contributed by atoms with Crippen LogP contribution in [-0.4, -0.2) is 57.9 Å². The molecule has 0 radical (unpaired) electrons. The number of benzene rings is 1. The summed E-state index contributed by atoms with van der Waals surface area (Å²) in [5, 5.41) is 14.9. The van der Waals surface area contributed by atoms with Crippen LogP contribution in [-0.2, 0) is 7.05 Å². The number of likely N-dealkylation sites (tertiary alicyclic amines) is 1. The van der Waals surface area contributed by atoms with Gasteiger partial charge in [-0.3, -0.25) is 9.58 Å². The first kappa shape index (κ1) is 19.1. The van der Waals surface area contributed by atoms with E-state index in [0.29, 0.717) is 18.5 Å². The predicted octanol–water partition coefficient (Wildman–Crippen LogP) is 2.86. The molecule has 0 spiro atoms. The number of hydrogen-bond donors (Lipinski definition) is 1. The maximum atomic E-state index is 10.5. The third-order valence-electron chi connectivity index (χ3n) is 5.55. The lowest BCUT2D eigenvalue weighted by molar-refractivity contribution is 0.0597. The summed E-state index contributed by atoms with van der Waals surface area (Å²) in [5.41, 5.74) is 2.30. The summed E-state index contributed by atoms with van der Waals surface area (Å²) in [4.78, 5) is 4.86. The molecular weight excluding hydrogens is 324 g/mol. The maximum absolute atomic E-state index is 10.5. The van der Waals surface area contributed by atoms with Gasteiger partial charge in [-0.25, -0.2) is 0 Å². The number of aryl methyl sites for hydroxylation is 1. The Morgan fingerprint density at radius 3 is 2.73 bits per heavy atom. The highest BCUT2D eigenvalue weighted by Crippen LogP contribution is 2.36. The number of rotatable bonds is 7. The standard InChI is InChI=1S/C21H32N4O/c1-4-25-12-8-11-18(21(25)19-13-22-24(3)15-19)14-23(2)16-20(26)17-9-6-5-7-10-17/h5-7,9-10,13,15,18,20-21,26H,4,8,11-12,14,16H2,1-3H3/t18-,20-,21+/m0/s1. The van der Waals surface area contributed by atoms with Crippen LogP contribution in [0.5, 0.6) is 0 Å². The molecule has 3 atom stereocenters. The lowest BCUT2D eigenvalue weighted by Crippen LogP contribution is -2.43. The summed E-state index contributed by atoms with van der Waals surface area (Å²) in [6, 6.07) is 10.4. The predicted molar refractivity (Wildman–Crippen MR) is 105 cm³/mol. The molecule has 0 amide bonds. The van der Waals surface area contributed by atoms with Gasteiger partial charge >= 0.3 is 0 Å². The molecule has 1 aromatic carbocycles. The van der Waals surface area contributed by atoms with E-state index in [9.17, 15) is 5.11 Å². The maximum Gasteiger partial charge on any atom is 0.0916 e. The number of likely N-dealkylation sites (N-methyl/N-ethyl adjacent to an activating group) is 1. The summed E-state index contributed by atoms with van der Waals surface area (Å²) >= 11 is 0. The molecule has 1 saturated heterocycles. The fourth-order valence-electron chi connectivity index (χ4n) is 4.32. The van der Waals surface area contributed by atoms with Gasteiger partial charge in [-0.2, -0.15) is 5.10 Å². The van der Waals surface area contributed by atoms with Crippen molar-refractivity contribution in [3.05, 3.63) is 53.9 Å². The lowest BCUT2D eigenvalue weighted by atomic mass is 9.85. The van der Waals surface area contributed by atoms with Crippen LogP contribution in [0.1, 0.15) is 43.0 Å². The largest absolute Gasteiger partial charge is 0.387 e. The van der Waals surface area contributed by atoms with Gasteiger partial charge < -0.3 is 10.0 Å². The normalized spacial score (nSPS) is 22.7. The second kappa shape index (κ2) is 8.80. The van der Waals surface area contributed by atoms with Crippen molar-refractivity contribution in [3.8, 4) is 0 Å². The van der Waals surface area contributed by atoms with Gasteiger partial charge in [0.2, 0.25) is 0 Å². The van der Waals surface area contributed by atoms with Crippen molar-refractivity contribution in [3.63, 3.8) is 0 Å². The van der Waals surface area contributed by atoms with Crippen LogP contribution < -0.4 is 0 Å². The molecule has 3 rings (SSSR count). The van der Waals surface area contributed by atoms with E-state index in [1.165, 1.54) is 18.4 Å². The minimum atomic E-state index is -0.441. The monoisotopic (exact) mass is 356 g/mol. The summed E-state index contributed by atoms with van der Waals surface area (Å²) in [5.74, 6) is 0.556. The molecule has 142 valence electrons. The zero-order chi connectivity index (χ0) is 18.5. The molecule has 1 aliphatic heterocycles. The minimum Gasteiger partial charge on any atom is -0.387 e. The Labute approximate surface area is 157 Å². The van der Waals surface area contributed by atoms with Crippen LogP contribution in [0.3, 0.4) is 0 Å². The third kappa shape index (κ3) is 4.53. The van der Waals surface area contributed by atoms with Gasteiger partial charge in [-0.15, -0.1) is 0 Å². The molecule has 2 aromatic rings. The summed E-state index contributed by atoms with van der Waals surface area (Å²) in [6.45, 7) is 6.11. The van der Waals surface area contributed by atoms with Crippen LogP contribution in [0.15, 0.2) is 42.7 Å². The first-order valence-corrected chi connectivity index (χ1v) is 9.72. The number of aliphatic hydroxyl groups is 1. The topological polar surface area (TPSA) is 44.5 Å². The van der Waals surface area contributed by atoms with Crippen LogP contribution in [0, 0.1) is 5.92 Å². The van der Waals surface area contributed by atoms with Crippen LogP contribution in [0.25, 0.3) is 0 Å². The van der Waals surface area contributed by atoms with Gasteiger partial charge in [0.25, 0.3) is 0 Å². The van der Waals surface area contributed by atoms with Gasteiger partial charge in [0.05, 0.1) is 12.3 Å². The van der Waals surface area contributed by atoms with Crippen molar-refractivity contribution < 1.29 is 5.11 Å². The van der Waals surface area contributed by atoms with Gasteiger partial charge in [-0.1, -0.05) is 37.3 Å². The van der Waals surface area contributed by atoms with Gasteiger partial charge in [0.1, 0.15) is 0 Å². The highest BCUT2D eigenvalue weighted by atomic mass is 16.3. The van der Waals surface area contributed by atoms with Crippen molar-refractivity contribution in [2.75, 3.05) is 33.2 Å². The molecule has 0 unspecified atom stereocenters. The molecule has 5 nitrogen and oxygen atoms in total. The Balaban J connectivity index is 1.67. The lowest BCUT2D eigenvalue weighted by Gasteiger charge is -2.42. The van der Waals surface area contributed by atoms with Crippen molar-refractivity contribution in [1.82, 2.24) is 19.6 Å². The van der Waals surface area contributed by atoms with Crippen molar-refractivity contribution in [2.45, 2.75) is 31.9 Å². The van der Waals surface area contributed by atoms with E-state index in [-0.39, 0.29) is 0 Å². The van der Waals surface area contributed by atoms with E-state index >= 15 is 0 Å². The second-order valence-corrected chi connectivity index (χ2v) is 7.57. The molecule has 0 saturated carbocycles. The van der Waals surface area contributed by atoms with E-state index < -0.39 is 6.10 Å². The molecule has 5 heteroatoms. The van der Waals surface area contributed by atoms with Gasteiger partial charge in [-0.05, 0) is 44.5 Å². The Morgan fingerprint density at radius 1 is 1.31 bits per heavy atom. The zero-order valence-electron chi connectivity index (χ0n) is 16.3. The molecule has 2 heterocycles. The quantitative estimate of drug-likeness (QED) is 0.829. The second-order valence-electron chi connectivity index (χ2n) is 7.57. The van der Waals surface area contributed by atoms with Crippen molar-refractivity contribution in [1.29, 1.82) is 0 Å². The summed E-state index contributed by atoms with van der Waals surface area (Å²) < 4.78 is 1.90. The SMILES string of the molecule is CCN1CCC[C@@H](CN(C)C[C@H](O)c2ccccc2)[C@@H]1c1cnn(C)c1. The zero-order valence-corrected chi connectivity index (χ0v) is 16.3. The molecule has 1 fully saturated rings. The van der Waals surface area contributed by atoms with E-state index in [2.05, 4.69) is 35.1 Å². The number of nitrogens with zero attached hydrogens (tertiary/aromatic N) is 4. The Kier molecular flexibility index (Phi) is 6.46. The molecule has 1 aromatic heterocycles. The average molecular weight is 357 g/mol. The highest BCUT2D eigenvalue weighted by molar-refractivity contribution is 5.17. The number of hydrogen-bond acceptors (Lipinski definition) is 4. The van der Waals surface area contributed by atoms with Gasteiger partial charge in [0, 0.05) is 37.9 Å². The smallest absolute Gasteiger partial charge is 0.0916 e. The molecule has 1 aliphatic rings. The first-order chi connectivity index (χ1) is 12.6. The molecule has 26 heavy (non-hydrogen) atoms. The fourth-order valence-corrected chi connectivity index (χ4v) is 4.32. The van der Waals surface area contributed by atoms with E-state index in [1.807, 2.05) is 48.3 Å². The summed E-state index contributed by atoms with van der Waals surface area (Å²) in [6.07, 6.45) is 6.20. The molecule has 0 bridgehead atoms. The average Bonchev–Trinajstić information content (AvgIpc) is 3.08. The first-order valence-electron chi connectivity index (χ1n) is 9.72. The minimum absolute atomic E-state index is 0.416. The Bertz CT molecular complexity index is 672. The van der Waals surface area contributed by atoms with E-state index in [4.69, 9.17) is 0 Å². The fraction of sp³-hybridized carbons (Fsp3) is 0.571. The Morgan fingerprint density at radius 2 is 2.08 bits per heavy atom. The van der Waals surface area contributed by atoms with Gasteiger partial charge in [0.15, 0.2) is 0 Å². The van der Waals surface area contributed by atoms with E-state index in [0.717, 1.165) is 25.2 Å². The van der Waals surface area contributed by atoms with Crippen LogP contribution in [0.2, 0.25) is 0 Å². The molecule has 0 aliphatic carbocycles. The van der Waals surface area contributed by atoms with Crippen LogP contribution >= 0.6 is 0 Å². The Hall–Kier alpha value is -1.69. The molecule has 1 N–H and O–H groups in total. The van der Waals surface area contributed by atoms with Crippen molar-refractivity contribution >= 4 is 0 Å². The highest BCUT2D eigenvalue weighted by Gasteiger charge is 2.33. The van der Waals surface area contributed by atoms with Crippen LogP contribution in [0.4, 0.5) is 0 Å². The third-order valence-corrected chi connectivity index (χ3v) is 5.55.